The number of amidine groups is 1. The molecule has 37 heavy (non-hydrogen) atoms. The molecule has 0 bridgehead atoms. The number of nitrogens with zero attached hydrogens (tertiary/aromatic N) is 4. The molecular formula is C25H23ClFN7O2S. The Balaban J connectivity index is 1.58. The molecule has 1 aliphatic rings. The first-order valence-electron chi connectivity index (χ1n) is 11.5. The van der Waals surface area contributed by atoms with Crippen LogP contribution in [0.2, 0.25) is 4.34 Å². The van der Waals surface area contributed by atoms with Crippen LogP contribution in [0.4, 0.5) is 4.39 Å². The molecule has 3 heterocycles. The number of pyridine rings is 1. The molecule has 9 nitrogen and oxygen atoms in total. The van der Waals surface area contributed by atoms with Crippen LogP contribution >= 0.6 is 22.9 Å². The van der Waals surface area contributed by atoms with Gasteiger partial charge in [0.25, 0.3) is 5.91 Å². The number of hydrogen-bond acceptors (Lipinski definition) is 6. The number of carbonyl (C=O) groups excluding carboxylic acids is 1. The Labute approximate surface area is 220 Å². The molecule has 4 aromatic rings. The molecule has 5 N–H and O–H groups in total. The average Bonchev–Trinajstić information content (AvgIpc) is 3.47. The molecule has 3 atom stereocenters. The van der Waals surface area contributed by atoms with E-state index in [4.69, 9.17) is 22.7 Å². The first-order valence-corrected chi connectivity index (χ1v) is 12.7. The zero-order valence-electron chi connectivity index (χ0n) is 19.4. The summed E-state index contributed by atoms with van der Waals surface area (Å²) < 4.78 is 17.3. The second-order valence-corrected chi connectivity index (χ2v) is 10.5. The molecule has 190 valence electrons. The highest BCUT2D eigenvalue weighted by Gasteiger charge is 2.33. The lowest BCUT2D eigenvalue weighted by Gasteiger charge is -2.34. The summed E-state index contributed by atoms with van der Waals surface area (Å²) in [7, 11) is 0. The molecular weight excluding hydrogens is 517 g/mol. The molecule has 1 unspecified atom stereocenters. The zero-order chi connectivity index (χ0) is 26.1. The van der Waals surface area contributed by atoms with Gasteiger partial charge >= 0.3 is 0 Å². The summed E-state index contributed by atoms with van der Waals surface area (Å²) in [6.45, 7) is 0. The summed E-state index contributed by atoms with van der Waals surface area (Å²) in [5.41, 5.74) is 7.75. The Hall–Kier alpha value is -3.67. The van der Waals surface area contributed by atoms with E-state index in [1.807, 2.05) is 4.57 Å². The standard InChI is InChI=1S/C25H23ClFN7O2S/c26-22-6-5-21(37-22)25(36)32-13-7-14(9-15(35)8-13)34-20-10-18(23(29)31-12-28)30-11-19(20)33-24(34)16-3-1-2-4-17(16)27/h1-6,10-15,35H,7-9H2,(H,32,36)(H3,28,29,31)/t13?,14-,15-/m0/s1. The maximum absolute atomic E-state index is 14.9. The van der Waals surface area contributed by atoms with Crippen molar-refractivity contribution in [2.45, 2.75) is 37.5 Å². The second-order valence-electron chi connectivity index (χ2n) is 8.78. The lowest BCUT2D eigenvalue weighted by atomic mass is 9.88. The first kappa shape index (κ1) is 25.0. The molecule has 0 radical (unpaired) electrons. The molecule has 1 aliphatic carbocycles. The molecule has 0 saturated heterocycles. The van der Waals surface area contributed by atoms with Gasteiger partial charge in [-0.05, 0) is 49.6 Å². The summed E-state index contributed by atoms with van der Waals surface area (Å²) in [5.74, 6) is -0.265. The summed E-state index contributed by atoms with van der Waals surface area (Å²) in [5, 5.41) is 21.0. The van der Waals surface area contributed by atoms with E-state index in [2.05, 4.69) is 20.3 Å². The second kappa shape index (κ2) is 10.4. The van der Waals surface area contributed by atoms with Gasteiger partial charge in [0.05, 0.1) is 32.6 Å². The van der Waals surface area contributed by atoms with Crippen molar-refractivity contribution in [3.63, 3.8) is 0 Å². The SMILES string of the molecule is N=CN=C(N)c1cc2c(cn1)nc(-c1ccccc1F)n2[C@H]1CC(NC(=O)c2ccc(Cl)s2)C[C@H](O)C1. The van der Waals surface area contributed by atoms with Gasteiger partial charge in [-0.25, -0.2) is 14.4 Å². The molecule has 1 fully saturated rings. The van der Waals surface area contributed by atoms with Gasteiger partial charge in [0.2, 0.25) is 0 Å². The first-order chi connectivity index (χ1) is 17.8. The molecule has 3 aromatic heterocycles. The summed E-state index contributed by atoms with van der Waals surface area (Å²) >= 11 is 7.17. The van der Waals surface area contributed by atoms with Crippen LogP contribution in [0.1, 0.15) is 40.7 Å². The minimum Gasteiger partial charge on any atom is -0.393 e. The third-order valence-electron chi connectivity index (χ3n) is 6.31. The highest BCUT2D eigenvalue weighted by Crippen LogP contribution is 2.37. The molecule has 5 rings (SSSR count). The van der Waals surface area contributed by atoms with Gasteiger partial charge in [0.15, 0.2) is 5.84 Å². The predicted molar refractivity (Wildman–Crippen MR) is 142 cm³/mol. The third-order valence-corrected chi connectivity index (χ3v) is 7.54. The van der Waals surface area contributed by atoms with Crippen molar-refractivity contribution in [3.8, 4) is 11.4 Å². The summed E-state index contributed by atoms with van der Waals surface area (Å²) in [6.07, 6.45) is 2.90. The fourth-order valence-electron chi connectivity index (χ4n) is 4.76. The number of rotatable bonds is 6. The minimum absolute atomic E-state index is 0.0560. The quantitative estimate of drug-likeness (QED) is 0.215. The van der Waals surface area contributed by atoms with E-state index in [-0.39, 0.29) is 23.8 Å². The van der Waals surface area contributed by atoms with Crippen LogP contribution in [-0.4, -0.2) is 49.9 Å². The van der Waals surface area contributed by atoms with Crippen molar-refractivity contribution >= 4 is 52.1 Å². The van der Waals surface area contributed by atoms with Gasteiger partial charge in [0, 0.05) is 12.1 Å². The number of hydrogen-bond donors (Lipinski definition) is 4. The van der Waals surface area contributed by atoms with E-state index in [1.165, 1.54) is 23.6 Å². The van der Waals surface area contributed by atoms with Gasteiger partial charge in [-0.1, -0.05) is 23.7 Å². The van der Waals surface area contributed by atoms with Crippen molar-refractivity contribution in [2.24, 2.45) is 10.7 Å². The highest BCUT2D eigenvalue weighted by molar-refractivity contribution is 7.18. The van der Waals surface area contributed by atoms with Crippen LogP contribution in [0.5, 0.6) is 0 Å². The molecule has 1 saturated carbocycles. The van der Waals surface area contributed by atoms with Crippen LogP contribution in [0, 0.1) is 11.2 Å². The van der Waals surface area contributed by atoms with Crippen LogP contribution in [0.15, 0.2) is 53.7 Å². The number of aliphatic hydroxyl groups excluding tert-OH is 1. The Bertz CT molecular complexity index is 1520. The summed E-state index contributed by atoms with van der Waals surface area (Å²) in [6, 6.07) is 10.7. The van der Waals surface area contributed by atoms with Gasteiger partial charge in [0.1, 0.15) is 29.2 Å². The lowest BCUT2D eigenvalue weighted by molar-refractivity contribution is 0.0749. The van der Waals surface area contributed by atoms with Crippen molar-refractivity contribution in [2.75, 3.05) is 0 Å². The Morgan fingerprint density at radius 2 is 2.11 bits per heavy atom. The van der Waals surface area contributed by atoms with Crippen LogP contribution in [0.25, 0.3) is 22.4 Å². The number of amides is 1. The topological polar surface area (TPSA) is 142 Å². The molecule has 1 amide bonds. The molecule has 0 aliphatic heterocycles. The Morgan fingerprint density at radius 1 is 1.30 bits per heavy atom. The minimum atomic E-state index is -0.701. The number of fused-ring (bicyclic) bond motifs is 1. The van der Waals surface area contributed by atoms with Crippen LogP contribution < -0.4 is 11.1 Å². The molecule has 0 spiro atoms. The fraction of sp³-hybridized carbons (Fsp3) is 0.240. The summed E-state index contributed by atoms with van der Waals surface area (Å²) in [4.78, 5) is 26.1. The Morgan fingerprint density at radius 3 is 2.84 bits per heavy atom. The van der Waals surface area contributed by atoms with Gasteiger partial charge < -0.3 is 20.7 Å². The lowest BCUT2D eigenvalue weighted by Crippen LogP contribution is -2.42. The van der Waals surface area contributed by atoms with E-state index < -0.39 is 11.9 Å². The van der Waals surface area contributed by atoms with Gasteiger partial charge in [-0.3, -0.25) is 15.2 Å². The van der Waals surface area contributed by atoms with Crippen LogP contribution in [-0.2, 0) is 0 Å². The molecule has 1 aromatic carbocycles. The van der Waals surface area contributed by atoms with E-state index in [0.717, 1.165) is 6.34 Å². The van der Waals surface area contributed by atoms with Gasteiger partial charge in [-0.2, -0.15) is 0 Å². The Kier molecular flexibility index (Phi) is 7.00. The van der Waals surface area contributed by atoms with E-state index in [1.54, 1.807) is 36.4 Å². The van der Waals surface area contributed by atoms with Gasteiger partial charge in [-0.15, -0.1) is 11.3 Å². The maximum atomic E-state index is 14.9. The highest BCUT2D eigenvalue weighted by atomic mass is 35.5. The number of thiophene rings is 1. The zero-order valence-corrected chi connectivity index (χ0v) is 21.0. The number of benzene rings is 1. The fourth-order valence-corrected chi connectivity index (χ4v) is 5.70. The smallest absolute Gasteiger partial charge is 0.261 e. The van der Waals surface area contributed by atoms with E-state index in [0.29, 0.717) is 56.6 Å². The third kappa shape index (κ3) is 5.10. The largest absolute Gasteiger partial charge is 0.393 e. The maximum Gasteiger partial charge on any atom is 0.261 e. The monoisotopic (exact) mass is 539 g/mol. The number of halogens is 2. The number of aliphatic imine (C=N–C) groups is 1. The van der Waals surface area contributed by atoms with Crippen molar-refractivity contribution in [3.05, 3.63) is 69.4 Å². The van der Waals surface area contributed by atoms with Crippen molar-refractivity contribution < 1.29 is 14.3 Å². The van der Waals surface area contributed by atoms with Crippen molar-refractivity contribution in [1.29, 1.82) is 5.41 Å². The number of carbonyl (C=O) groups is 1. The normalized spacial score (nSPS) is 20.2. The number of nitrogens with two attached hydrogens (primary N) is 1. The number of imidazole rings is 1. The average molecular weight is 540 g/mol. The number of aliphatic hydroxyl groups is 1. The number of aromatic nitrogens is 3. The van der Waals surface area contributed by atoms with E-state index >= 15 is 0 Å². The molecule has 12 heteroatoms. The van der Waals surface area contributed by atoms with E-state index in [9.17, 15) is 14.3 Å². The van der Waals surface area contributed by atoms with Crippen LogP contribution in [0.3, 0.4) is 0 Å². The number of nitrogens with one attached hydrogen (secondary N) is 2. The predicted octanol–water partition coefficient (Wildman–Crippen LogP) is 4.15. The van der Waals surface area contributed by atoms with Crippen molar-refractivity contribution in [1.82, 2.24) is 19.9 Å².